The molecule has 2 aliphatic rings. The molecule has 1 heterocycles. The largest absolute Gasteiger partial charge is 0.496 e. The van der Waals surface area contributed by atoms with Crippen molar-refractivity contribution in [1.82, 2.24) is 0 Å². The van der Waals surface area contributed by atoms with Gasteiger partial charge in [0.05, 0.1) is 6.04 Å². The van der Waals surface area contributed by atoms with Crippen molar-refractivity contribution in [3.05, 3.63) is 59.6 Å². The minimum Gasteiger partial charge on any atom is -0.496 e. The molecule has 0 atom stereocenters. The molecule has 0 bridgehead atoms. The summed E-state index contributed by atoms with van der Waals surface area (Å²) in [4.78, 5) is 0. The average molecular weight is 418 g/mol. The lowest BCUT2D eigenvalue weighted by molar-refractivity contribution is -0.563. The van der Waals surface area contributed by atoms with Crippen LogP contribution in [0.3, 0.4) is 0 Å². The van der Waals surface area contributed by atoms with Crippen LogP contribution in [0.4, 0.5) is 0 Å². The maximum atomic E-state index is 6.76. The predicted octanol–water partition coefficient (Wildman–Crippen LogP) is 7.42. The molecule has 1 aliphatic heterocycles. The zero-order chi connectivity index (χ0) is 22.4. The zero-order valence-corrected chi connectivity index (χ0v) is 20.5. The van der Waals surface area contributed by atoms with Crippen LogP contribution in [0.2, 0.25) is 0 Å². The first kappa shape index (κ1) is 22.0. The number of para-hydroxylation sites is 1. The van der Waals surface area contributed by atoms with Gasteiger partial charge < -0.3 is 9.31 Å². The first-order valence-corrected chi connectivity index (χ1v) is 11.9. The highest BCUT2D eigenvalue weighted by Gasteiger charge is 2.39. The normalized spacial score (nSPS) is 23.5. The SMILES string of the molecule is Cc1ccc(-c2cccc3c2OC(C)(C)[C-](C)[N+](C2CCC(C(C)(C)C)CC2)=C3)cc1. The first-order valence-electron chi connectivity index (χ1n) is 11.9. The minimum absolute atomic E-state index is 0.358. The summed E-state index contributed by atoms with van der Waals surface area (Å²) < 4.78 is 9.30. The third-order valence-corrected chi connectivity index (χ3v) is 7.62. The fourth-order valence-corrected chi connectivity index (χ4v) is 5.22. The third-order valence-electron chi connectivity index (χ3n) is 7.62. The summed E-state index contributed by atoms with van der Waals surface area (Å²) in [7, 11) is 0. The summed E-state index contributed by atoms with van der Waals surface area (Å²) in [6, 6.07) is 17.2. The Kier molecular flexibility index (Phi) is 5.70. The van der Waals surface area contributed by atoms with Crippen LogP contribution >= 0.6 is 0 Å². The van der Waals surface area contributed by atoms with Gasteiger partial charge >= 0.3 is 0 Å². The number of ether oxygens (including phenoxy) is 1. The van der Waals surface area contributed by atoms with E-state index in [0.717, 1.165) is 11.7 Å². The lowest BCUT2D eigenvalue weighted by atomic mass is 9.71. The van der Waals surface area contributed by atoms with Gasteiger partial charge in [0, 0.05) is 24.6 Å². The highest BCUT2D eigenvalue weighted by molar-refractivity contribution is 5.87. The topological polar surface area (TPSA) is 12.2 Å². The van der Waals surface area contributed by atoms with Gasteiger partial charge in [0.2, 0.25) is 0 Å². The number of hydrogen-bond acceptors (Lipinski definition) is 1. The molecule has 1 saturated carbocycles. The van der Waals surface area contributed by atoms with Crippen molar-refractivity contribution < 1.29 is 9.31 Å². The van der Waals surface area contributed by atoms with Crippen molar-refractivity contribution >= 4 is 6.21 Å². The molecular weight excluding hydrogens is 378 g/mol. The van der Waals surface area contributed by atoms with Gasteiger partial charge in [0.25, 0.3) is 0 Å². The Labute approximate surface area is 189 Å². The van der Waals surface area contributed by atoms with Crippen LogP contribution in [-0.2, 0) is 0 Å². The van der Waals surface area contributed by atoms with Crippen molar-refractivity contribution in [1.29, 1.82) is 0 Å². The summed E-state index contributed by atoms with van der Waals surface area (Å²) in [5, 5.41) is 0. The van der Waals surface area contributed by atoms with Crippen molar-refractivity contribution in [3.63, 3.8) is 0 Å². The minimum atomic E-state index is -0.358. The van der Waals surface area contributed by atoms with Gasteiger partial charge in [-0.15, -0.1) is 0 Å². The van der Waals surface area contributed by atoms with Crippen LogP contribution < -0.4 is 4.74 Å². The smallest absolute Gasteiger partial charge is 0.126 e. The van der Waals surface area contributed by atoms with Crippen molar-refractivity contribution in [3.8, 4) is 16.9 Å². The molecule has 4 rings (SSSR count). The molecule has 1 fully saturated rings. The van der Waals surface area contributed by atoms with Crippen LogP contribution in [0.25, 0.3) is 11.1 Å². The van der Waals surface area contributed by atoms with Crippen LogP contribution in [0.1, 0.15) is 78.4 Å². The summed E-state index contributed by atoms with van der Waals surface area (Å²) in [5.74, 6) is 1.82. The summed E-state index contributed by atoms with van der Waals surface area (Å²) in [6.45, 7) is 16.0. The molecule has 0 aromatic heterocycles. The first-order chi connectivity index (χ1) is 14.6. The number of nitrogens with zero attached hydrogens (tertiary/aromatic N) is 1. The molecule has 0 radical (unpaired) electrons. The highest BCUT2D eigenvalue weighted by atomic mass is 16.5. The lowest BCUT2D eigenvalue weighted by Gasteiger charge is -2.41. The van der Waals surface area contributed by atoms with Crippen LogP contribution in [0.5, 0.6) is 5.75 Å². The number of hydrogen-bond donors (Lipinski definition) is 0. The molecule has 0 amide bonds. The second-order valence-corrected chi connectivity index (χ2v) is 11.2. The van der Waals surface area contributed by atoms with Gasteiger partial charge in [-0.3, -0.25) is 0 Å². The van der Waals surface area contributed by atoms with Gasteiger partial charge in [0.1, 0.15) is 17.4 Å². The van der Waals surface area contributed by atoms with Gasteiger partial charge in [-0.25, -0.2) is 0 Å². The van der Waals surface area contributed by atoms with E-state index in [0.29, 0.717) is 11.5 Å². The van der Waals surface area contributed by atoms with Gasteiger partial charge in [-0.2, -0.15) is 0 Å². The Morgan fingerprint density at radius 1 is 0.968 bits per heavy atom. The average Bonchev–Trinajstić information content (AvgIpc) is 2.82. The maximum Gasteiger partial charge on any atom is 0.126 e. The molecule has 0 N–H and O–H groups in total. The van der Waals surface area contributed by atoms with E-state index in [1.54, 1.807) is 0 Å². The molecule has 2 heteroatoms. The maximum absolute atomic E-state index is 6.76. The molecule has 2 nitrogen and oxygen atoms in total. The standard InChI is InChI=1S/C29H39NO/c1-20-11-13-22(14-12-20)26-10-8-9-23-19-30(21(2)29(6,7)31-27(23)26)25-17-15-24(16-18-25)28(3,4)5/h8-14,19,24-25H,15-18H2,1-7H3. The molecule has 2 aromatic carbocycles. The van der Waals surface area contributed by atoms with Gasteiger partial charge in [0.15, 0.2) is 0 Å². The van der Waals surface area contributed by atoms with E-state index in [4.69, 9.17) is 4.74 Å². The van der Waals surface area contributed by atoms with E-state index in [9.17, 15) is 0 Å². The third kappa shape index (κ3) is 4.40. The highest BCUT2D eigenvalue weighted by Crippen LogP contribution is 2.43. The van der Waals surface area contributed by atoms with E-state index in [-0.39, 0.29) is 5.60 Å². The van der Waals surface area contributed by atoms with Crippen molar-refractivity contribution in [2.75, 3.05) is 0 Å². The molecule has 0 saturated heterocycles. The molecule has 0 unspecified atom stereocenters. The van der Waals surface area contributed by atoms with Crippen molar-refractivity contribution in [2.45, 2.75) is 85.8 Å². The van der Waals surface area contributed by atoms with Crippen LogP contribution in [0, 0.1) is 24.3 Å². The molecule has 2 aromatic rings. The molecule has 1 aliphatic carbocycles. The molecular formula is C29H39NO. The fraction of sp³-hybridized carbons (Fsp3) is 0.517. The Bertz CT molecular complexity index is 953. The Hall–Kier alpha value is -2.22. The Morgan fingerprint density at radius 2 is 1.61 bits per heavy atom. The lowest BCUT2D eigenvalue weighted by Crippen LogP contribution is -2.45. The Morgan fingerprint density at radius 3 is 2.23 bits per heavy atom. The quantitative estimate of drug-likeness (QED) is 0.366. The van der Waals surface area contributed by atoms with Crippen LogP contribution in [-0.4, -0.2) is 22.4 Å². The second kappa shape index (κ2) is 8.04. The monoisotopic (exact) mass is 417 g/mol. The molecule has 0 spiro atoms. The van der Waals surface area contributed by atoms with Gasteiger partial charge in [-0.05, 0) is 63.0 Å². The van der Waals surface area contributed by atoms with E-state index < -0.39 is 0 Å². The predicted molar refractivity (Wildman–Crippen MR) is 131 cm³/mol. The fourth-order valence-electron chi connectivity index (χ4n) is 5.22. The van der Waals surface area contributed by atoms with Crippen LogP contribution in [0.15, 0.2) is 42.5 Å². The van der Waals surface area contributed by atoms with E-state index in [2.05, 4.69) is 102 Å². The van der Waals surface area contributed by atoms with E-state index in [1.807, 2.05) is 0 Å². The number of rotatable bonds is 2. The number of benzene rings is 2. The van der Waals surface area contributed by atoms with E-state index >= 15 is 0 Å². The van der Waals surface area contributed by atoms with Gasteiger partial charge in [-0.1, -0.05) is 68.8 Å². The summed E-state index contributed by atoms with van der Waals surface area (Å²) >= 11 is 0. The summed E-state index contributed by atoms with van der Waals surface area (Å²) in [5.41, 5.74) is 4.89. The van der Waals surface area contributed by atoms with Crippen molar-refractivity contribution in [2.24, 2.45) is 11.3 Å². The summed E-state index contributed by atoms with van der Waals surface area (Å²) in [6.07, 6.45) is 7.48. The Balaban J connectivity index is 1.72. The molecule has 166 valence electrons. The zero-order valence-electron chi connectivity index (χ0n) is 20.5. The second-order valence-electron chi connectivity index (χ2n) is 11.2. The molecule has 31 heavy (non-hydrogen) atoms. The number of aryl methyl sites for hydroxylation is 1. The number of fused-ring (bicyclic) bond motifs is 1. The van der Waals surface area contributed by atoms with E-state index in [1.165, 1.54) is 54.0 Å².